The summed E-state index contributed by atoms with van der Waals surface area (Å²) in [5.74, 6) is 0. The van der Waals surface area contributed by atoms with Gasteiger partial charge in [-0.05, 0) is 63.3 Å². The van der Waals surface area contributed by atoms with E-state index < -0.39 is 0 Å². The average molecular weight is 437 g/mol. The van der Waals surface area contributed by atoms with Crippen LogP contribution < -0.4 is 0 Å². The minimum absolute atomic E-state index is 1.01. The molecule has 170 valence electrons. The van der Waals surface area contributed by atoms with Gasteiger partial charge in [0, 0.05) is 34.7 Å². The van der Waals surface area contributed by atoms with E-state index in [4.69, 9.17) is 0 Å². The third kappa shape index (κ3) is 6.59. The van der Waals surface area contributed by atoms with Crippen LogP contribution in [0.1, 0.15) is 83.4 Å². The molecule has 33 heavy (non-hydrogen) atoms. The van der Waals surface area contributed by atoms with Gasteiger partial charge in [-0.2, -0.15) is 5.10 Å². The number of unbranched alkanes of at least 4 members (excludes halogenated alkanes) is 3. The van der Waals surface area contributed by atoms with Crippen LogP contribution in [0.3, 0.4) is 0 Å². The zero-order chi connectivity index (χ0) is 23.6. The molecule has 0 aliphatic rings. The van der Waals surface area contributed by atoms with Crippen molar-refractivity contribution in [3.63, 3.8) is 0 Å². The van der Waals surface area contributed by atoms with E-state index in [9.17, 15) is 0 Å². The van der Waals surface area contributed by atoms with Gasteiger partial charge in [-0.25, -0.2) is 4.68 Å². The highest BCUT2D eigenvalue weighted by Gasteiger charge is 2.18. The summed E-state index contributed by atoms with van der Waals surface area (Å²) in [6, 6.07) is 19.1. The van der Waals surface area contributed by atoms with E-state index in [0.717, 1.165) is 34.4 Å². The molecule has 2 aromatic carbocycles. The van der Waals surface area contributed by atoms with Crippen LogP contribution >= 0.6 is 0 Å². The van der Waals surface area contributed by atoms with E-state index in [1.54, 1.807) is 0 Å². The van der Waals surface area contributed by atoms with Gasteiger partial charge in [0.15, 0.2) is 0 Å². The summed E-state index contributed by atoms with van der Waals surface area (Å²) in [5, 5.41) is 4.66. The highest BCUT2D eigenvalue weighted by Crippen LogP contribution is 2.35. The summed E-state index contributed by atoms with van der Waals surface area (Å²) >= 11 is 0. The van der Waals surface area contributed by atoms with Gasteiger partial charge < -0.3 is 0 Å². The summed E-state index contributed by atoms with van der Waals surface area (Å²) in [6.07, 6.45) is 9.81. The van der Waals surface area contributed by atoms with Crippen molar-refractivity contribution < 1.29 is 0 Å². The van der Waals surface area contributed by atoms with Crippen molar-refractivity contribution in [2.24, 2.45) is 0 Å². The number of rotatable bonds is 9. The first-order chi connectivity index (χ1) is 16.0. The van der Waals surface area contributed by atoms with Gasteiger partial charge in [0.1, 0.15) is 0 Å². The standard InChI is InChI=1S/C31H36N2/c1-6-7-8-10-17-27(22-24(2)3)28-18-13-19-29(31(28)33-21-14-20-32-33)30(23-25(4)5)26-15-11-9-12-16-26/h9,11-16,18-21H,6-8,10,17H2,1-5H3. The van der Waals surface area contributed by atoms with Crippen molar-refractivity contribution >= 4 is 11.1 Å². The smallest absolute Gasteiger partial charge is 0.0811 e. The van der Waals surface area contributed by atoms with Crippen molar-refractivity contribution in [3.8, 4) is 5.69 Å². The maximum Gasteiger partial charge on any atom is 0.0811 e. The van der Waals surface area contributed by atoms with Crippen molar-refractivity contribution in [3.05, 3.63) is 106 Å². The minimum Gasteiger partial charge on any atom is -0.240 e. The first-order valence-electron chi connectivity index (χ1n) is 12.1. The van der Waals surface area contributed by atoms with Gasteiger partial charge in [0.2, 0.25) is 0 Å². The molecule has 0 bridgehead atoms. The van der Waals surface area contributed by atoms with E-state index in [1.807, 2.05) is 23.1 Å². The highest BCUT2D eigenvalue weighted by molar-refractivity contribution is 5.88. The monoisotopic (exact) mass is 436 g/mol. The van der Waals surface area contributed by atoms with Crippen LogP contribution in [0.4, 0.5) is 0 Å². The van der Waals surface area contributed by atoms with E-state index in [2.05, 4.69) is 99.7 Å². The van der Waals surface area contributed by atoms with E-state index in [0.29, 0.717) is 0 Å². The molecule has 3 rings (SSSR count). The lowest BCUT2D eigenvalue weighted by molar-refractivity contribution is 0.678. The third-order valence-electron chi connectivity index (χ3n) is 5.48. The lowest BCUT2D eigenvalue weighted by Crippen LogP contribution is -2.05. The number of hydrogen-bond acceptors (Lipinski definition) is 1. The molecule has 0 atom stereocenters. The Morgan fingerprint density at radius 2 is 1.52 bits per heavy atom. The largest absolute Gasteiger partial charge is 0.240 e. The van der Waals surface area contributed by atoms with E-state index in [1.165, 1.54) is 42.4 Å². The fourth-order valence-corrected chi connectivity index (χ4v) is 4.08. The number of aromatic nitrogens is 2. The van der Waals surface area contributed by atoms with Crippen LogP contribution in [-0.4, -0.2) is 9.78 Å². The van der Waals surface area contributed by atoms with Gasteiger partial charge in [-0.1, -0.05) is 74.7 Å². The van der Waals surface area contributed by atoms with Crippen molar-refractivity contribution in [1.29, 1.82) is 0 Å². The maximum atomic E-state index is 4.66. The second-order valence-electron chi connectivity index (χ2n) is 8.93. The van der Waals surface area contributed by atoms with Crippen LogP contribution in [0, 0.1) is 0 Å². The fraction of sp³-hybridized carbons (Fsp3) is 0.323. The predicted octanol–water partition coefficient (Wildman–Crippen LogP) is 8.79. The maximum absolute atomic E-state index is 4.66. The first-order valence-corrected chi connectivity index (χ1v) is 12.1. The first kappa shape index (κ1) is 24.3. The van der Waals surface area contributed by atoms with Crippen LogP contribution in [0.2, 0.25) is 0 Å². The molecule has 2 heteroatoms. The molecule has 0 fully saturated rings. The molecule has 0 amide bonds. The Bertz CT molecular complexity index is 1170. The SMILES string of the molecule is CCCCCCC(=C=C(C)C)c1cccc(C(=C=C(C)C)c2ccccc2)c1-n1cccn1. The quantitative estimate of drug-likeness (QED) is 0.242. The lowest BCUT2D eigenvalue weighted by atomic mass is 9.90. The van der Waals surface area contributed by atoms with Crippen LogP contribution in [0.15, 0.2) is 89.6 Å². The second kappa shape index (κ2) is 12.1. The number of allylic oxidation sites excluding steroid dienone is 2. The zero-order valence-electron chi connectivity index (χ0n) is 20.8. The molecule has 0 N–H and O–H groups in total. The van der Waals surface area contributed by atoms with E-state index in [-0.39, 0.29) is 0 Å². The number of para-hydroxylation sites is 1. The summed E-state index contributed by atoms with van der Waals surface area (Å²) < 4.78 is 2.00. The van der Waals surface area contributed by atoms with E-state index >= 15 is 0 Å². The molecular weight excluding hydrogens is 400 g/mol. The number of nitrogens with zero attached hydrogens (tertiary/aromatic N) is 2. The van der Waals surface area contributed by atoms with Gasteiger partial charge in [0.25, 0.3) is 0 Å². The van der Waals surface area contributed by atoms with Crippen molar-refractivity contribution in [2.45, 2.75) is 66.7 Å². The molecule has 2 nitrogen and oxygen atoms in total. The van der Waals surface area contributed by atoms with Crippen LogP contribution in [0.25, 0.3) is 16.8 Å². The molecule has 0 aliphatic carbocycles. The molecule has 1 aromatic heterocycles. The molecule has 0 aliphatic heterocycles. The van der Waals surface area contributed by atoms with Gasteiger partial charge in [-0.15, -0.1) is 11.5 Å². The molecule has 3 aromatic rings. The molecule has 0 saturated heterocycles. The highest BCUT2D eigenvalue weighted by atomic mass is 15.3. The Labute approximate surface area is 199 Å². The van der Waals surface area contributed by atoms with Crippen LogP contribution in [0.5, 0.6) is 0 Å². The van der Waals surface area contributed by atoms with Crippen molar-refractivity contribution in [2.75, 3.05) is 0 Å². The Morgan fingerprint density at radius 1 is 0.788 bits per heavy atom. The average Bonchev–Trinajstić information content (AvgIpc) is 3.34. The molecule has 1 heterocycles. The minimum atomic E-state index is 1.01. The molecule has 0 unspecified atom stereocenters. The van der Waals surface area contributed by atoms with Crippen molar-refractivity contribution in [1.82, 2.24) is 9.78 Å². The Morgan fingerprint density at radius 3 is 2.15 bits per heavy atom. The Kier molecular flexibility index (Phi) is 8.90. The van der Waals surface area contributed by atoms with Gasteiger partial charge >= 0.3 is 0 Å². The second-order valence-corrected chi connectivity index (χ2v) is 8.93. The fourth-order valence-electron chi connectivity index (χ4n) is 4.08. The van der Waals surface area contributed by atoms with Gasteiger partial charge in [-0.3, -0.25) is 0 Å². The summed E-state index contributed by atoms with van der Waals surface area (Å²) in [6.45, 7) is 10.7. The summed E-state index contributed by atoms with van der Waals surface area (Å²) in [7, 11) is 0. The molecule has 0 radical (unpaired) electrons. The predicted molar refractivity (Wildman–Crippen MR) is 141 cm³/mol. The van der Waals surface area contributed by atoms with Gasteiger partial charge in [0.05, 0.1) is 5.69 Å². The lowest BCUT2D eigenvalue weighted by Gasteiger charge is -2.18. The molecule has 0 saturated carbocycles. The third-order valence-corrected chi connectivity index (χ3v) is 5.48. The Hall–Kier alpha value is -3.31. The Balaban J connectivity index is 2.29. The zero-order valence-corrected chi connectivity index (χ0v) is 20.8. The van der Waals surface area contributed by atoms with Crippen LogP contribution in [-0.2, 0) is 0 Å². The molecular formula is C31H36N2. The topological polar surface area (TPSA) is 17.8 Å². The summed E-state index contributed by atoms with van der Waals surface area (Å²) in [5.41, 5.74) is 16.6. The summed E-state index contributed by atoms with van der Waals surface area (Å²) in [4.78, 5) is 0. The molecule has 0 spiro atoms. The number of hydrogen-bond donors (Lipinski definition) is 0. The normalized spacial score (nSPS) is 10.3. The number of benzene rings is 2.